The van der Waals surface area contributed by atoms with E-state index in [0.717, 1.165) is 23.4 Å². The van der Waals surface area contributed by atoms with E-state index in [1.54, 1.807) is 6.20 Å². The molecule has 2 aromatic heterocycles. The van der Waals surface area contributed by atoms with Gasteiger partial charge in [0.25, 0.3) is 0 Å². The molecule has 0 aliphatic carbocycles. The van der Waals surface area contributed by atoms with Gasteiger partial charge in [0.1, 0.15) is 5.82 Å². The molecule has 0 unspecified atom stereocenters. The predicted octanol–water partition coefficient (Wildman–Crippen LogP) is 2.86. The number of imidazole rings is 1. The highest BCUT2D eigenvalue weighted by atomic mass is 15.0. The highest BCUT2D eigenvalue weighted by Gasteiger charge is 2.03. The largest absolute Gasteiger partial charge is 0.340 e. The molecule has 17 heavy (non-hydrogen) atoms. The molecule has 1 aromatic carbocycles. The van der Waals surface area contributed by atoms with Gasteiger partial charge in [0.2, 0.25) is 0 Å². The number of nitrogens with one attached hydrogen (secondary N) is 1. The summed E-state index contributed by atoms with van der Waals surface area (Å²) in [5.74, 6) is 0.961. The molecule has 1 N–H and O–H groups in total. The number of hydrogen-bond donors (Lipinski definition) is 1. The minimum Gasteiger partial charge on any atom is -0.340 e. The van der Waals surface area contributed by atoms with Gasteiger partial charge >= 0.3 is 0 Å². The molecule has 0 amide bonds. The third-order valence-electron chi connectivity index (χ3n) is 2.80. The molecule has 3 rings (SSSR count). The molecule has 0 radical (unpaired) electrons. The predicted molar refractivity (Wildman–Crippen MR) is 67.9 cm³/mol. The van der Waals surface area contributed by atoms with Gasteiger partial charge in [-0.1, -0.05) is 29.8 Å². The molecule has 0 bridgehead atoms. The number of benzene rings is 1. The molecule has 0 atom stereocenters. The number of rotatable bonds is 2. The third kappa shape index (κ3) is 2.04. The first kappa shape index (κ1) is 10.0. The zero-order valence-electron chi connectivity index (χ0n) is 9.64. The van der Waals surface area contributed by atoms with Gasteiger partial charge in [-0.15, -0.1) is 0 Å². The molecule has 0 fully saturated rings. The van der Waals surface area contributed by atoms with Crippen molar-refractivity contribution < 1.29 is 0 Å². The molecule has 84 valence electrons. The second-order valence-corrected chi connectivity index (χ2v) is 4.22. The molecule has 3 nitrogen and oxygen atoms in total. The number of fused-ring (bicyclic) bond motifs is 1. The first-order valence-corrected chi connectivity index (χ1v) is 5.66. The molecular weight excluding hydrogens is 210 g/mol. The van der Waals surface area contributed by atoms with E-state index in [4.69, 9.17) is 0 Å². The monoisotopic (exact) mass is 223 g/mol. The third-order valence-corrected chi connectivity index (χ3v) is 2.80. The van der Waals surface area contributed by atoms with Gasteiger partial charge in [-0.2, -0.15) is 0 Å². The Kier molecular flexibility index (Phi) is 2.37. The molecular formula is C14H13N3. The molecule has 0 spiro atoms. The second-order valence-electron chi connectivity index (χ2n) is 4.22. The van der Waals surface area contributed by atoms with Crippen molar-refractivity contribution in [3.05, 3.63) is 59.5 Å². The number of nitrogens with zero attached hydrogens (tertiary/aromatic N) is 2. The average Bonchev–Trinajstić information content (AvgIpc) is 2.74. The van der Waals surface area contributed by atoms with Crippen molar-refractivity contribution in [1.29, 1.82) is 0 Å². The Morgan fingerprint density at radius 3 is 2.71 bits per heavy atom. The number of H-pyrrole nitrogens is 1. The van der Waals surface area contributed by atoms with Gasteiger partial charge in [-0.25, -0.2) is 9.97 Å². The highest BCUT2D eigenvalue weighted by molar-refractivity contribution is 5.69. The summed E-state index contributed by atoms with van der Waals surface area (Å²) in [4.78, 5) is 12.0. The maximum atomic E-state index is 4.46. The van der Waals surface area contributed by atoms with E-state index in [1.807, 2.05) is 12.1 Å². The van der Waals surface area contributed by atoms with Crippen molar-refractivity contribution in [2.45, 2.75) is 13.3 Å². The smallest absolute Gasteiger partial charge is 0.177 e. The van der Waals surface area contributed by atoms with Gasteiger partial charge in [-0.05, 0) is 24.6 Å². The summed E-state index contributed by atoms with van der Waals surface area (Å²) in [6.07, 6.45) is 2.58. The number of aromatic amines is 1. The van der Waals surface area contributed by atoms with Crippen LogP contribution in [0.3, 0.4) is 0 Å². The SMILES string of the molecule is Cc1ccc(Cc2nc3ncccc3[nH]2)cc1. The fourth-order valence-electron chi connectivity index (χ4n) is 1.88. The normalized spacial score (nSPS) is 10.9. The lowest BCUT2D eigenvalue weighted by Gasteiger charge is -1.98. The van der Waals surface area contributed by atoms with Gasteiger partial charge < -0.3 is 4.98 Å². The minimum absolute atomic E-state index is 0.787. The van der Waals surface area contributed by atoms with E-state index in [9.17, 15) is 0 Å². The molecule has 0 aliphatic rings. The van der Waals surface area contributed by atoms with E-state index >= 15 is 0 Å². The first-order chi connectivity index (χ1) is 8.31. The molecule has 0 aliphatic heterocycles. The van der Waals surface area contributed by atoms with Crippen LogP contribution in [0.1, 0.15) is 17.0 Å². The lowest BCUT2D eigenvalue weighted by molar-refractivity contribution is 1.03. The number of hydrogen-bond acceptors (Lipinski definition) is 2. The Balaban J connectivity index is 1.92. The maximum absolute atomic E-state index is 4.46. The van der Waals surface area contributed by atoms with Crippen LogP contribution in [0.4, 0.5) is 0 Å². The van der Waals surface area contributed by atoms with Gasteiger partial charge in [-0.3, -0.25) is 0 Å². The van der Waals surface area contributed by atoms with E-state index < -0.39 is 0 Å². The van der Waals surface area contributed by atoms with Crippen molar-refractivity contribution in [1.82, 2.24) is 15.0 Å². The first-order valence-electron chi connectivity index (χ1n) is 5.66. The van der Waals surface area contributed by atoms with E-state index in [1.165, 1.54) is 11.1 Å². The quantitative estimate of drug-likeness (QED) is 0.725. The number of aryl methyl sites for hydroxylation is 1. The van der Waals surface area contributed by atoms with Crippen molar-refractivity contribution in [3.63, 3.8) is 0 Å². The minimum atomic E-state index is 0.787. The summed E-state index contributed by atoms with van der Waals surface area (Å²) in [5.41, 5.74) is 4.32. The standard InChI is InChI=1S/C14H13N3/c1-10-4-6-11(7-5-10)9-13-16-12-3-2-8-15-14(12)17-13/h2-8H,9H2,1H3,(H,15,16,17). The van der Waals surface area contributed by atoms with Crippen molar-refractivity contribution in [3.8, 4) is 0 Å². The van der Waals surface area contributed by atoms with Crippen molar-refractivity contribution in [2.75, 3.05) is 0 Å². The maximum Gasteiger partial charge on any atom is 0.177 e. The van der Waals surface area contributed by atoms with Crippen LogP contribution in [0, 0.1) is 6.92 Å². The van der Waals surface area contributed by atoms with E-state index in [0.29, 0.717) is 0 Å². The molecule has 0 saturated carbocycles. The lowest BCUT2D eigenvalue weighted by atomic mass is 10.1. The Morgan fingerprint density at radius 2 is 1.94 bits per heavy atom. The van der Waals surface area contributed by atoms with Crippen LogP contribution >= 0.6 is 0 Å². The summed E-state index contributed by atoms with van der Waals surface area (Å²) in [7, 11) is 0. The van der Waals surface area contributed by atoms with Crippen LogP contribution < -0.4 is 0 Å². The Labute approximate surface area is 99.5 Å². The fourth-order valence-corrected chi connectivity index (χ4v) is 1.88. The summed E-state index contributed by atoms with van der Waals surface area (Å²) in [6.45, 7) is 2.09. The topological polar surface area (TPSA) is 41.6 Å². The zero-order chi connectivity index (χ0) is 11.7. The lowest BCUT2D eigenvalue weighted by Crippen LogP contribution is -1.90. The van der Waals surface area contributed by atoms with Crippen LogP contribution in [-0.4, -0.2) is 15.0 Å². The van der Waals surface area contributed by atoms with Crippen LogP contribution in [0.15, 0.2) is 42.6 Å². The Hall–Kier alpha value is -2.16. The average molecular weight is 223 g/mol. The summed E-state index contributed by atoms with van der Waals surface area (Å²) < 4.78 is 0. The van der Waals surface area contributed by atoms with Crippen LogP contribution in [0.5, 0.6) is 0 Å². The highest BCUT2D eigenvalue weighted by Crippen LogP contribution is 2.12. The van der Waals surface area contributed by atoms with Crippen molar-refractivity contribution in [2.24, 2.45) is 0 Å². The van der Waals surface area contributed by atoms with E-state index in [-0.39, 0.29) is 0 Å². The van der Waals surface area contributed by atoms with Crippen LogP contribution in [0.25, 0.3) is 11.2 Å². The van der Waals surface area contributed by atoms with Gasteiger partial charge in [0.05, 0.1) is 5.52 Å². The number of pyridine rings is 1. The summed E-state index contributed by atoms with van der Waals surface area (Å²) in [5, 5.41) is 0. The van der Waals surface area contributed by atoms with E-state index in [2.05, 4.69) is 46.1 Å². The second kappa shape index (κ2) is 4.01. The fraction of sp³-hybridized carbons (Fsp3) is 0.143. The molecule has 2 heterocycles. The van der Waals surface area contributed by atoms with Gasteiger partial charge in [0.15, 0.2) is 5.65 Å². The van der Waals surface area contributed by atoms with Crippen LogP contribution in [0.2, 0.25) is 0 Å². The van der Waals surface area contributed by atoms with Crippen LogP contribution in [-0.2, 0) is 6.42 Å². The Morgan fingerprint density at radius 1 is 1.12 bits per heavy atom. The van der Waals surface area contributed by atoms with Gasteiger partial charge in [0, 0.05) is 12.6 Å². The summed E-state index contributed by atoms with van der Waals surface area (Å²) in [6, 6.07) is 12.4. The zero-order valence-corrected chi connectivity index (χ0v) is 9.64. The summed E-state index contributed by atoms with van der Waals surface area (Å²) >= 11 is 0. The Bertz CT molecular complexity index is 605. The van der Waals surface area contributed by atoms with Crippen molar-refractivity contribution >= 4 is 11.2 Å². The molecule has 3 aromatic rings. The molecule has 0 saturated heterocycles. The molecule has 3 heteroatoms. The number of aromatic nitrogens is 3.